The third-order valence-corrected chi connectivity index (χ3v) is 3.54. The van der Waals surface area contributed by atoms with Crippen molar-refractivity contribution >= 4 is 23.0 Å². The van der Waals surface area contributed by atoms with E-state index >= 15 is 0 Å². The Labute approximate surface area is 140 Å². The van der Waals surface area contributed by atoms with Gasteiger partial charge in [-0.1, -0.05) is 30.3 Å². The number of hydrogen-bond donors (Lipinski definition) is 2. The van der Waals surface area contributed by atoms with Crippen LogP contribution in [0.3, 0.4) is 0 Å². The molecule has 0 radical (unpaired) electrons. The van der Waals surface area contributed by atoms with Crippen LogP contribution in [0.2, 0.25) is 0 Å². The standard InChI is InChI=1S/C16H18N6S/c1-21-10-14(8-18-21)7-17-16(23)20-15-9-19-22(12-15)11-13-5-3-2-4-6-13/h2-6,8-10,12H,7,11H2,1H3,(H2,17,20,23). The highest BCUT2D eigenvalue weighted by Crippen LogP contribution is 2.08. The minimum absolute atomic E-state index is 0.563. The molecule has 0 saturated carbocycles. The smallest absolute Gasteiger partial charge is 0.171 e. The maximum atomic E-state index is 5.29. The Hall–Kier alpha value is -2.67. The number of aromatic nitrogens is 4. The lowest BCUT2D eigenvalue weighted by Gasteiger charge is -2.07. The van der Waals surface area contributed by atoms with Gasteiger partial charge in [0.2, 0.25) is 0 Å². The largest absolute Gasteiger partial charge is 0.358 e. The van der Waals surface area contributed by atoms with Crippen LogP contribution >= 0.6 is 12.2 Å². The normalized spacial score (nSPS) is 10.5. The van der Waals surface area contributed by atoms with Gasteiger partial charge in [0.15, 0.2) is 5.11 Å². The van der Waals surface area contributed by atoms with Gasteiger partial charge in [0.1, 0.15) is 0 Å². The molecule has 2 aromatic heterocycles. The highest BCUT2D eigenvalue weighted by atomic mass is 32.1. The molecule has 2 heterocycles. The second-order valence-electron chi connectivity index (χ2n) is 5.24. The summed E-state index contributed by atoms with van der Waals surface area (Å²) in [4.78, 5) is 0. The van der Waals surface area contributed by atoms with E-state index in [9.17, 15) is 0 Å². The van der Waals surface area contributed by atoms with Gasteiger partial charge in [-0.05, 0) is 17.8 Å². The van der Waals surface area contributed by atoms with Gasteiger partial charge in [-0.2, -0.15) is 10.2 Å². The van der Waals surface area contributed by atoms with E-state index in [1.165, 1.54) is 5.56 Å². The summed E-state index contributed by atoms with van der Waals surface area (Å²) < 4.78 is 3.64. The molecular weight excluding hydrogens is 308 g/mol. The van der Waals surface area contributed by atoms with Gasteiger partial charge in [0.25, 0.3) is 0 Å². The predicted molar refractivity (Wildman–Crippen MR) is 94.0 cm³/mol. The first-order valence-electron chi connectivity index (χ1n) is 7.28. The fourth-order valence-corrected chi connectivity index (χ4v) is 2.40. The highest BCUT2D eigenvalue weighted by molar-refractivity contribution is 7.80. The Kier molecular flexibility index (Phi) is 4.68. The molecule has 3 aromatic rings. The quantitative estimate of drug-likeness (QED) is 0.704. The van der Waals surface area contributed by atoms with E-state index in [2.05, 4.69) is 33.0 Å². The van der Waals surface area contributed by atoms with Crippen molar-refractivity contribution in [1.29, 1.82) is 0 Å². The Balaban J connectivity index is 1.51. The van der Waals surface area contributed by atoms with Crippen molar-refractivity contribution < 1.29 is 0 Å². The van der Waals surface area contributed by atoms with Crippen LogP contribution < -0.4 is 10.6 Å². The Bertz CT molecular complexity index is 777. The number of hydrogen-bond acceptors (Lipinski definition) is 3. The van der Waals surface area contributed by atoms with Crippen molar-refractivity contribution in [3.05, 3.63) is 66.2 Å². The zero-order valence-corrected chi connectivity index (χ0v) is 13.6. The van der Waals surface area contributed by atoms with Crippen LogP contribution in [-0.2, 0) is 20.1 Å². The zero-order chi connectivity index (χ0) is 16.1. The minimum Gasteiger partial charge on any atom is -0.358 e. The Morgan fingerprint density at radius 3 is 2.65 bits per heavy atom. The summed E-state index contributed by atoms with van der Waals surface area (Å²) in [5.41, 5.74) is 3.15. The molecule has 7 heteroatoms. The molecule has 0 amide bonds. The van der Waals surface area contributed by atoms with Crippen molar-refractivity contribution in [3.63, 3.8) is 0 Å². The molecule has 23 heavy (non-hydrogen) atoms. The van der Waals surface area contributed by atoms with Gasteiger partial charge < -0.3 is 10.6 Å². The average Bonchev–Trinajstić information content (AvgIpc) is 3.15. The molecule has 0 atom stereocenters. The molecule has 0 spiro atoms. The lowest BCUT2D eigenvalue weighted by atomic mass is 10.2. The SMILES string of the molecule is Cn1cc(CNC(=S)Nc2cnn(Cc3ccccc3)c2)cn1. The monoisotopic (exact) mass is 326 g/mol. The molecule has 0 aliphatic carbocycles. The van der Waals surface area contributed by atoms with Gasteiger partial charge in [-0.25, -0.2) is 0 Å². The van der Waals surface area contributed by atoms with Gasteiger partial charge in [0.05, 0.1) is 24.6 Å². The number of benzene rings is 1. The van der Waals surface area contributed by atoms with Gasteiger partial charge in [-0.3, -0.25) is 9.36 Å². The van der Waals surface area contributed by atoms with Crippen LogP contribution in [0.25, 0.3) is 0 Å². The van der Waals surface area contributed by atoms with Gasteiger partial charge in [0, 0.05) is 31.5 Å². The fourth-order valence-electron chi connectivity index (χ4n) is 2.21. The van der Waals surface area contributed by atoms with E-state index in [0.717, 1.165) is 17.8 Å². The maximum Gasteiger partial charge on any atom is 0.171 e. The third-order valence-electron chi connectivity index (χ3n) is 3.29. The number of nitrogens with zero attached hydrogens (tertiary/aromatic N) is 4. The summed E-state index contributed by atoms with van der Waals surface area (Å²) in [6.45, 7) is 1.37. The molecule has 118 valence electrons. The van der Waals surface area contributed by atoms with Crippen LogP contribution in [0.4, 0.5) is 5.69 Å². The molecule has 0 aliphatic heterocycles. The van der Waals surface area contributed by atoms with Crippen LogP contribution in [0.15, 0.2) is 55.1 Å². The summed E-state index contributed by atoms with van der Waals surface area (Å²) in [6, 6.07) is 10.2. The number of aryl methyl sites for hydroxylation is 1. The van der Waals surface area contributed by atoms with E-state index in [4.69, 9.17) is 12.2 Å². The first-order chi connectivity index (χ1) is 11.2. The number of nitrogens with one attached hydrogen (secondary N) is 2. The molecule has 2 N–H and O–H groups in total. The van der Waals surface area contributed by atoms with E-state index in [1.54, 1.807) is 10.9 Å². The van der Waals surface area contributed by atoms with E-state index in [1.807, 2.05) is 48.5 Å². The Morgan fingerprint density at radius 2 is 1.91 bits per heavy atom. The summed E-state index contributed by atoms with van der Waals surface area (Å²) in [6.07, 6.45) is 7.47. The topological polar surface area (TPSA) is 59.7 Å². The molecule has 0 unspecified atom stereocenters. The van der Waals surface area contributed by atoms with Crippen LogP contribution in [0.5, 0.6) is 0 Å². The van der Waals surface area contributed by atoms with Crippen molar-refractivity contribution in [2.75, 3.05) is 5.32 Å². The first-order valence-corrected chi connectivity index (χ1v) is 7.68. The van der Waals surface area contributed by atoms with Crippen LogP contribution in [-0.4, -0.2) is 24.7 Å². The molecule has 0 fully saturated rings. The molecule has 6 nitrogen and oxygen atoms in total. The van der Waals surface area contributed by atoms with Crippen molar-refractivity contribution in [2.45, 2.75) is 13.1 Å². The summed E-state index contributed by atoms with van der Waals surface area (Å²) in [7, 11) is 1.89. The second kappa shape index (κ2) is 7.06. The lowest BCUT2D eigenvalue weighted by Crippen LogP contribution is -2.27. The van der Waals surface area contributed by atoms with E-state index in [0.29, 0.717) is 11.7 Å². The second-order valence-corrected chi connectivity index (χ2v) is 5.65. The Morgan fingerprint density at radius 1 is 1.09 bits per heavy atom. The summed E-state index contributed by atoms with van der Waals surface area (Å²) >= 11 is 5.29. The number of anilines is 1. The highest BCUT2D eigenvalue weighted by Gasteiger charge is 2.03. The fraction of sp³-hybridized carbons (Fsp3) is 0.188. The third kappa shape index (κ3) is 4.40. The zero-order valence-electron chi connectivity index (χ0n) is 12.8. The molecule has 0 bridgehead atoms. The molecule has 0 saturated heterocycles. The molecular formula is C16H18N6S. The van der Waals surface area contributed by atoms with Crippen LogP contribution in [0, 0.1) is 0 Å². The molecule has 3 rings (SSSR count). The van der Waals surface area contributed by atoms with Crippen molar-refractivity contribution in [1.82, 2.24) is 24.9 Å². The van der Waals surface area contributed by atoms with Crippen molar-refractivity contribution in [2.24, 2.45) is 7.05 Å². The summed E-state index contributed by atoms with van der Waals surface area (Å²) in [5, 5.41) is 15.3. The molecule has 0 aliphatic rings. The first kappa shape index (κ1) is 15.2. The van der Waals surface area contributed by atoms with E-state index < -0.39 is 0 Å². The maximum absolute atomic E-state index is 5.29. The van der Waals surface area contributed by atoms with E-state index in [-0.39, 0.29) is 0 Å². The van der Waals surface area contributed by atoms with Crippen LogP contribution in [0.1, 0.15) is 11.1 Å². The lowest BCUT2D eigenvalue weighted by molar-refractivity contribution is 0.687. The number of thiocarbonyl (C=S) groups is 1. The summed E-state index contributed by atoms with van der Waals surface area (Å²) in [5.74, 6) is 0. The van der Waals surface area contributed by atoms with Gasteiger partial charge in [-0.15, -0.1) is 0 Å². The molecule has 1 aromatic carbocycles. The minimum atomic E-state index is 0.563. The average molecular weight is 326 g/mol. The number of rotatable bonds is 5. The van der Waals surface area contributed by atoms with Crippen molar-refractivity contribution in [3.8, 4) is 0 Å². The predicted octanol–water partition coefficient (Wildman–Crippen LogP) is 2.15. The van der Waals surface area contributed by atoms with Gasteiger partial charge >= 0.3 is 0 Å².